The van der Waals surface area contributed by atoms with Crippen LogP contribution in [-0.4, -0.2) is 46.0 Å². The molecular weight excluding hydrogens is 401 g/mol. The Hall–Kier alpha value is -2.00. The minimum absolute atomic E-state index is 0.0262. The zero-order chi connectivity index (χ0) is 21.6. The van der Waals surface area contributed by atoms with Crippen LogP contribution in [0.2, 0.25) is 0 Å². The first-order valence-electron chi connectivity index (χ1n) is 9.53. The Balaban J connectivity index is 2.15. The summed E-state index contributed by atoms with van der Waals surface area (Å²) >= 11 is 0. The third-order valence-electron chi connectivity index (χ3n) is 4.13. The van der Waals surface area contributed by atoms with Gasteiger partial charge in [-0.2, -0.15) is 4.98 Å². The third kappa shape index (κ3) is 5.99. The van der Waals surface area contributed by atoms with Crippen molar-refractivity contribution in [1.82, 2.24) is 9.55 Å². The largest absolute Gasteiger partial charge is 0.478 e. The molecule has 0 spiro atoms. The van der Waals surface area contributed by atoms with Crippen molar-refractivity contribution in [3.05, 3.63) is 34.3 Å². The normalized spacial score (nSPS) is 19.6. The van der Waals surface area contributed by atoms with Gasteiger partial charge in [0.25, 0.3) is 0 Å². The zero-order valence-electron chi connectivity index (χ0n) is 17.0. The van der Waals surface area contributed by atoms with Crippen LogP contribution < -0.4 is 11.0 Å². The fourth-order valence-electron chi connectivity index (χ4n) is 2.60. The average molecular weight is 429 g/mol. The van der Waals surface area contributed by atoms with Gasteiger partial charge in [0.2, 0.25) is 11.4 Å². The number of hydrogen-bond acceptors (Lipinski definition) is 8. The maximum atomic E-state index is 12.9. The van der Waals surface area contributed by atoms with Crippen molar-refractivity contribution in [2.45, 2.75) is 52.9 Å². The van der Waals surface area contributed by atoms with E-state index in [2.05, 4.69) is 10.3 Å². The molecular formula is C18H28N3O7P. The van der Waals surface area contributed by atoms with E-state index in [0.717, 1.165) is 0 Å². The van der Waals surface area contributed by atoms with Crippen molar-refractivity contribution >= 4 is 19.3 Å². The van der Waals surface area contributed by atoms with Gasteiger partial charge in [-0.3, -0.25) is 13.9 Å². The van der Waals surface area contributed by atoms with Gasteiger partial charge in [0.1, 0.15) is 11.9 Å². The van der Waals surface area contributed by atoms with Crippen molar-refractivity contribution in [1.29, 1.82) is 0 Å². The molecule has 11 heteroatoms. The van der Waals surface area contributed by atoms with Gasteiger partial charge >= 0.3 is 13.3 Å². The molecule has 0 bridgehead atoms. The molecule has 0 unspecified atom stereocenters. The molecule has 0 aliphatic carbocycles. The van der Waals surface area contributed by atoms with Crippen LogP contribution in [0.25, 0.3) is 0 Å². The second kappa shape index (κ2) is 10.2. The highest BCUT2D eigenvalue weighted by atomic mass is 31.2. The molecule has 1 aromatic heterocycles. The SMILES string of the molecule is CCOP(=O)(OCC)C1=CC[C@H](O)[C@@H](Cn2ccc(NC(=O)C(C)C)nc2=O)O1. The molecule has 0 fully saturated rings. The molecule has 10 nitrogen and oxygen atoms in total. The molecule has 2 atom stereocenters. The number of aromatic nitrogens is 2. The standard InChI is InChI=1S/C18H28N3O7P/c1-5-26-29(25,27-6-2)16-8-7-13(22)14(28-16)11-21-10-9-15(20-18(21)24)19-17(23)12(3)4/h8-10,12-14,22H,5-7,11H2,1-4H3,(H,19,20,23,24)/t13-,14+/m0/s1. The molecule has 0 aromatic carbocycles. The van der Waals surface area contributed by atoms with Crippen LogP contribution in [0.4, 0.5) is 5.82 Å². The number of aliphatic hydroxyl groups is 1. The molecule has 2 N–H and O–H groups in total. The number of carbonyl (C=O) groups is 1. The number of aliphatic hydroxyl groups excluding tert-OH is 1. The van der Waals surface area contributed by atoms with Gasteiger partial charge < -0.3 is 24.2 Å². The van der Waals surface area contributed by atoms with Gasteiger partial charge in [-0.05, 0) is 32.4 Å². The first-order valence-corrected chi connectivity index (χ1v) is 11.1. The lowest BCUT2D eigenvalue weighted by atomic mass is 10.1. The lowest BCUT2D eigenvalue weighted by Crippen LogP contribution is -2.39. The highest BCUT2D eigenvalue weighted by molar-refractivity contribution is 7.58. The Labute approximate surface area is 169 Å². The molecule has 0 radical (unpaired) electrons. The molecule has 0 saturated heterocycles. The van der Waals surface area contributed by atoms with E-state index < -0.39 is 25.5 Å². The van der Waals surface area contributed by atoms with Crippen molar-refractivity contribution < 1.29 is 28.3 Å². The summed E-state index contributed by atoms with van der Waals surface area (Å²) in [6, 6.07) is 1.49. The highest BCUT2D eigenvalue weighted by Crippen LogP contribution is 2.57. The first kappa shape index (κ1) is 23.3. The van der Waals surface area contributed by atoms with Gasteiger partial charge in [0, 0.05) is 12.1 Å². The van der Waals surface area contributed by atoms with Crippen LogP contribution in [-0.2, 0) is 29.7 Å². The van der Waals surface area contributed by atoms with E-state index in [1.807, 2.05) is 0 Å². The number of hydrogen-bond donors (Lipinski definition) is 2. The van der Waals surface area contributed by atoms with Gasteiger partial charge in [-0.1, -0.05) is 13.8 Å². The van der Waals surface area contributed by atoms with Crippen LogP contribution in [0, 0.1) is 5.92 Å². The Morgan fingerprint density at radius 3 is 2.62 bits per heavy atom. The molecule has 1 aliphatic heterocycles. The van der Waals surface area contributed by atoms with Crippen LogP contribution in [0.3, 0.4) is 0 Å². The number of nitrogens with zero attached hydrogens (tertiary/aromatic N) is 2. The smallest absolute Gasteiger partial charge is 0.395 e. The third-order valence-corrected chi connectivity index (χ3v) is 6.15. The van der Waals surface area contributed by atoms with E-state index in [1.54, 1.807) is 27.7 Å². The molecule has 1 aromatic rings. The summed E-state index contributed by atoms with van der Waals surface area (Å²) in [6.07, 6.45) is 1.35. The van der Waals surface area contributed by atoms with E-state index in [9.17, 15) is 19.3 Å². The fraction of sp³-hybridized carbons (Fsp3) is 0.611. The predicted molar refractivity (Wildman–Crippen MR) is 106 cm³/mol. The number of amides is 1. The van der Waals surface area contributed by atoms with Crippen molar-refractivity contribution in [3.8, 4) is 0 Å². The summed E-state index contributed by atoms with van der Waals surface area (Å²) < 4.78 is 30.4. The summed E-state index contributed by atoms with van der Waals surface area (Å²) in [7, 11) is -3.63. The Bertz CT molecular complexity index is 842. The van der Waals surface area contributed by atoms with Gasteiger partial charge in [-0.15, -0.1) is 0 Å². The maximum absolute atomic E-state index is 12.9. The number of rotatable bonds is 9. The number of carbonyl (C=O) groups excluding carboxylic acids is 1. The number of anilines is 1. The fourth-order valence-corrected chi connectivity index (χ4v) is 4.20. The van der Waals surface area contributed by atoms with Crippen LogP contribution >= 0.6 is 7.60 Å². The van der Waals surface area contributed by atoms with Crippen molar-refractivity contribution in [2.75, 3.05) is 18.5 Å². The Morgan fingerprint density at radius 1 is 1.41 bits per heavy atom. The topological polar surface area (TPSA) is 129 Å². The Morgan fingerprint density at radius 2 is 2.07 bits per heavy atom. The van der Waals surface area contributed by atoms with Crippen LogP contribution in [0.5, 0.6) is 0 Å². The molecule has 1 amide bonds. The van der Waals surface area contributed by atoms with E-state index in [0.29, 0.717) is 0 Å². The summed E-state index contributed by atoms with van der Waals surface area (Å²) in [4.78, 5) is 27.9. The monoisotopic (exact) mass is 429 g/mol. The minimum atomic E-state index is -3.63. The van der Waals surface area contributed by atoms with Crippen LogP contribution in [0.1, 0.15) is 34.1 Å². The van der Waals surface area contributed by atoms with Gasteiger partial charge in [0.15, 0.2) is 0 Å². The minimum Gasteiger partial charge on any atom is -0.478 e. The second-order valence-corrected chi connectivity index (χ2v) is 8.68. The van der Waals surface area contributed by atoms with Gasteiger partial charge in [-0.25, -0.2) is 4.79 Å². The molecule has 2 rings (SSSR count). The second-order valence-electron chi connectivity index (χ2n) is 6.73. The van der Waals surface area contributed by atoms with Crippen LogP contribution in [0.15, 0.2) is 28.6 Å². The highest BCUT2D eigenvalue weighted by Gasteiger charge is 2.38. The van der Waals surface area contributed by atoms with Crippen molar-refractivity contribution in [3.63, 3.8) is 0 Å². The first-order chi connectivity index (χ1) is 13.7. The molecule has 2 heterocycles. The summed E-state index contributed by atoms with van der Waals surface area (Å²) in [5.41, 5.74) is -0.588. The predicted octanol–water partition coefficient (Wildman–Crippen LogP) is 2.10. The van der Waals surface area contributed by atoms with Crippen molar-refractivity contribution in [2.24, 2.45) is 5.92 Å². The molecule has 162 valence electrons. The molecule has 0 saturated carbocycles. The van der Waals surface area contributed by atoms with E-state index in [-0.39, 0.29) is 49.3 Å². The zero-order valence-corrected chi connectivity index (χ0v) is 17.9. The number of nitrogens with one attached hydrogen (secondary N) is 1. The number of ether oxygens (including phenoxy) is 1. The average Bonchev–Trinajstić information content (AvgIpc) is 2.65. The molecule has 1 aliphatic rings. The quantitative estimate of drug-likeness (QED) is 0.571. The Kier molecular flexibility index (Phi) is 8.15. The maximum Gasteiger partial charge on any atom is 0.395 e. The van der Waals surface area contributed by atoms with E-state index in [4.69, 9.17) is 13.8 Å². The summed E-state index contributed by atoms with van der Waals surface area (Å²) in [6.45, 7) is 7.13. The summed E-state index contributed by atoms with van der Waals surface area (Å²) in [5, 5.41) is 12.8. The van der Waals surface area contributed by atoms with Gasteiger partial charge in [0.05, 0.1) is 25.9 Å². The lowest BCUT2D eigenvalue weighted by Gasteiger charge is -2.31. The van der Waals surface area contributed by atoms with E-state index in [1.165, 1.54) is 22.9 Å². The molecule has 29 heavy (non-hydrogen) atoms. The lowest BCUT2D eigenvalue weighted by molar-refractivity contribution is -0.118. The summed E-state index contributed by atoms with van der Waals surface area (Å²) in [5.74, 6) is -0.354. The van der Waals surface area contributed by atoms with E-state index >= 15 is 0 Å².